The van der Waals surface area contributed by atoms with Crippen LogP contribution in [-0.4, -0.2) is 20.6 Å². The molecule has 0 spiro atoms. The quantitative estimate of drug-likeness (QED) is 0.591. The van der Waals surface area contributed by atoms with Gasteiger partial charge in [0.15, 0.2) is 0 Å². The zero-order valence-electron chi connectivity index (χ0n) is 8.82. The van der Waals surface area contributed by atoms with Gasteiger partial charge in [-0.05, 0) is 6.42 Å². The van der Waals surface area contributed by atoms with Gasteiger partial charge in [0, 0.05) is 13.0 Å². The minimum Gasteiger partial charge on any atom is -0.494 e. The van der Waals surface area contributed by atoms with Gasteiger partial charge >= 0.3 is 5.69 Å². The van der Waals surface area contributed by atoms with E-state index in [4.69, 9.17) is 5.73 Å². The number of aromatic nitrogens is 2. The van der Waals surface area contributed by atoms with Crippen molar-refractivity contribution in [2.45, 2.75) is 26.3 Å². The van der Waals surface area contributed by atoms with Crippen LogP contribution in [0.5, 0.6) is 5.88 Å². The SMILES string of the molecule is CCc1c(O)n(CCC(N)=O)c(=O)[nH]c1=O. The van der Waals surface area contributed by atoms with Crippen molar-refractivity contribution < 1.29 is 9.90 Å². The molecule has 0 aliphatic carbocycles. The fourth-order valence-corrected chi connectivity index (χ4v) is 1.35. The Balaban J connectivity index is 3.23. The van der Waals surface area contributed by atoms with Crippen LogP contribution in [0.1, 0.15) is 18.9 Å². The number of rotatable bonds is 4. The lowest BCUT2D eigenvalue weighted by Gasteiger charge is -2.08. The first kappa shape index (κ1) is 12.0. The molecule has 0 fully saturated rings. The molecule has 0 saturated heterocycles. The van der Waals surface area contributed by atoms with Crippen LogP contribution >= 0.6 is 0 Å². The van der Waals surface area contributed by atoms with Gasteiger partial charge in [-0.2, -0.15) is 0 Å². The maximum Gasteiger partial charge on any atom is 0.331 e. The number of carbonyl (C=O) groups is 1. The number of hydrogen-bond acceptors (Lipinski definition) is 4. The van der Waals surface area contributed by atoms with E-state index in [9.17, 15) is 19.5 Å². The Morgan fingerprint density at radius 1 is 1.50 bits per heavy atom. The molecule has 1 rings (SSSR count). The third-order valence-corrected chi connectivity index (χ3v) is 2.20. The Bertz CT molecular complexity index is 514. The predicted molar refractivity (Wildman–Crippen MR) is 56.2 cm³/mol. The highest BCUT2D eigenvalue weighted by Crippen LogP contribution is 2.10. The first-order valence-corrected chi connectivity index (χ1v) is 4.80. The molecule has 0 bridgehead atoms. The number of nitrogens with two attached hydrogens (primary N) is 1. The first-order chi connectivity index (χ1) is 7.47. The summed E-state index contributed by atoms with van der Waals surface area (Å²) in [5.41, 5.74) is 3.69. The first-order valence-electron chi connectivity index (χ1n) is 4.80. The van der Waals surface area contributed by atoms with E-state index in [1.54, 1.807) is 6.92 Å². The van der Waals surface area contributed by atoms with Crippen LogP contribution in [-0.2, 0) is 17.8 Å². The molecule has 0 aliphatic rings. The average molecular weight is 227 g/mol. The molecule has 1 aromatic heterocycles. The highest BCUT2D eigenvalue weighted by molar-refractivity contribution is 5.73. The normalized spacial score (nSPS) is 10.3. The van der Waals surface area contributed by atoms with Crippen LogP contribution in [0.2, 0.25) is 0 Å². The number of hydrogen-bond donors (Lipinski definition) is 3. The maximum absolute atomic E-state index is 11.3. The van der Waals surface area contributed by atoms with Crippen molar-refractivity contribution in [3.05, 3.63) is 26.4 Å². The lowest BCUT2D eigenvalue weighted by atomic mass is 10.2. The van der Waals surface area contributed by atoms with Crippen LogP contribution in [0.3, 0.4) is 0 Å². The Hall–Kier alpha value is -2.05. The van der Waals surface area contributed by atoms with Crippen molar-refractivity contribution in [3.8, 4) is 5.88 Å². The molecule has 0 atom stereocenters. The molecule has 4 N–H and O–H groups in total. The molecular weight excluding hydrogens is 214 g/mol. The largest absolute Gasteiger partial charge is 0.494 e. The predicted octanol–water partition coefficient (Wildman–Crippen LogP) is -1.32. The number of nitrogens with one attached hydrogen (secondary N) is 1. The molecule has 0 saturated carbocycles. The van der Waals surface area contributed by atoms with E-state index in [0.29, 0.717) is 0 Å². The van der Waals surface area contributed by atoms with Crippen molar-refractivity contribution in [1.29, 1.82) is 0 Å². The summed E-state index contributed by atoms with van der Waals surface area (Å²) in [6.45, 7) is 1.62. The second-order valence-electron chi connectivity index (χ2n) is 3.28. The summed E-state index contributed by atoms with van der Waals surface area (Å²) in [5, 5.41) is 9.65. The molecule has 1 aromatic rings. The summed E-state index contributed by atoms with van der Waals surface area (Å²) in [6.07, 6.45) is 0.209. The molecule has 0 aliphatic heterocycles. The monoisotopic (exact) mass is 227 g/mol. The molecule has 1 heterocycles. The van der Waals surface area contributed by atoms with Crippen molar-refractivity contribution in [1.82, 2.24) is 9.55 Å². The summed E-state index contributed by atoms with van der Waals surface area (Å²) in [4.78, 5) is 35.2. The Labute approximate surface area is 90.5 Å². The number of aromatic amines is 1. The van der Waals surface area contributed by atoms with Gasteiger partial charge in [0.05, 0.1) is 5.56 Å². The van der Waals surface area contributed by atoms with Crippen LogP contribution in [0.25, 0.3) is 0 Å². The van der Waals surface area contributed by atoms with E-state index in [-0.39, 0.29) is 24.9 Å². The molecular formula is C9H13N3O4. The summed E-state index contributed by atoms with van der Waals surface area (Å²) < 4.78 is 0.922. The van der Waals surface area contributed by atoms with E-state index < -0.39 is 23.0 Å². The highest BCUT2D eigenvalue weighted by Gasteiger charge is 2.12. The average Bonchev–Trinajstić information content (AvgIpc) is 2.16. The zero-order valence-corrected chi connectivity index (χ0v) is 8.82. The summed E-state index contributed by atoms with van der Waals surface area (Å²) in [5.74, 6) is -0.993. The van der Waals surface area contributed by atoms with Gasteiger partial charge in [0.25, 0.3) is 5.56 Å². The minimum absolute atomic E-state index is 0.0518. The summed E-state index contributed by atoms with van der Waals surface area (Å²) >= 11 is 0. The van der Waals surface area contributed by atoms with Gasteiger partial charge in [-0.1, -0.05) is 6.92 Å². The van der Waals surface area contributed by atoms with Gasteiger partial charge in [-0.3, -0.25) is 19.1 Å². The number of nitrogens with zero attached hydrogens (tertiary/aromatic N) is 1. The van der Waals surface area contributed by atoms with E-state index in [1.807, 2.05) is 0 Å². The summed E-state index contributed by atoms with van der Waals surface area (Å²) in [7, 11) is 0. The fourth-order valence-electron chi connectivity index (χ4n) is 1.35. The fraction of sp³-hybridized carbons (Fsp3) is 0.444. The van der Waals surface area contributed by atoms with Crippen molar-refractivity contribution in [2.75, 3.05) is 0 Å². The number of amides is 1. The van der Waals surface area contributed by atoms with Crippen molar-refractivity contribution in [3.63, 3.8) is 0 Å². The molecule has 7 nitrogen and oxygen atoms in total. The van der Waals surface area contributed by atoms with Crippen molar-refractivity contribution >= 4 is 5.91 Å². The second-order valence-corrected chi connectivity index (χ2v) is 3.28. The van der Waals surface area contributed by atoms with Crippen LogP contribution in [0.15, 0.2) is 9.59 Å². The topological polar surface area (TPSA) is 118 Å². The van der Waals surface area contributed by atoms with Crippen LogP contribution in [0, 0.1) is 0 Å². The third-order valence-electron chi connectivity index (χ3n) is 2.20. The maximum atomic E-state index is 11.3. The molecule has 88 valence electrons. The Morgan fingerprint density at radius 3 is 2.62 bits per heavy atom. The lowest BCUT2D eigenvalue weighted by Crippen LogP contribution is -2.33. The van der Waals surface area contributed by atoms with Gasteiger partial charge in [-0.15, -0.1) is 0 Å². The molecule has 16 heavy (non-hydrogen) atoms. The smallest absolute Gasteiger partial charge is 0.331 e. The minimum atomic E-state index is -0.749. The molecule has 0 radical (unpaired) electrons. The number of aromatic hydroxyl groups is 1. The second kappa shape index (κ2) is 4.65. The van der Waals surface area contributed by atoms with E-state index in [1.165, 1.54) is 0 Å². The standard InChI is InChI=1S/C9H13N3O4/c1-2-5-7(14)11-9(16)12(8(5)15)4-3-6(10)13/h15H,2-4H2,1H3,(H2,10,13)(H,11,14,16). The summed E-state index contributed by atoms with van der Waals surface area (Å²) in [6, 6.07) is 0. The van der Waals surface area contributed by atoms with Gasteiger partial charge < -0.3 is 10.8 Å². The van der Waals surface area contributed by atoms with Gasteiger partial charge in [0.1, 0.15) is 0 Å². The molecule has 0 unspecified atom stereocenters. The van der Waals surface area contributed by atoms with Gasteiger partial charge in [0.2, 0.25) is 11.8 Å². The molecule has 1 amide bonds. The third kappa shape index (κ3) is 2.30. The lowest BCUT2D eigenvalue weighted by molar-refractivity contribution is -0.118. The van der Waals surface area contributed by atoms with Crippen LogP contribution < -0.4 is 17.0 Å². The number of carbonyl (C=O) groups excluding carboxylic acids is 1. The van der Waals surface area contributed by atoms with Gasteiger partial charge in [-0.25, -0.2) is 4.79 Å². The number of H-pyrrole nitrogens is 1. The molecule has 0 aromatic carbocycles. The van der Waals surface area contributed by atoms with Crippen LogP contribution in [0.4, 0.5) is 0 Å². The van der Waals surface area contributed by atoms with Crippen molar-refractivity contribution in [2.24, 2.45) is 5.73 Å². The zero-order chi connectivity index (χ0) is 12.3. The molecule has 7 heteroatoms. The number of primary amides is 1. The highest BCUT2D eigenvalue weighted by atomic mass is 16.3. The van der Waals surface area contributed by atoms with E-state index in [2.05, 4.69) is 4.98 Å². The Morgan fingerprint density at radius 2 is 2.12 bits per heavy atom. The van der Waals surface area contributed by atoms with E-state index in [0.717, 1.165) is 4.57 Å². The Kier molecular flexibility index (Phi) is 3.49. The van der Waals surface area contributed by atoms with E-state index >= 15 is 0 Å².